The minimum absolute atomic E-state index is 0.223. The first-order valence-corrected chi connectivity index (χ1v) is 12.0. The van der Waals surface area contributed by atoms with Crippen molar-refractivity contribution in [3.63, 3.8) is 0 Å². The van der Waals surface area contributed by atoms with Crippen LogP contribution in [0, 0.1) is 6.92 Å². The summed E-state index contributed by atoms with van der Waals surface area (Å²) < 4.78 is 5.78. The van der Waals surface area contributed by atoms with E-state index in [1.165, 1.54) is 18.4 Å². The van der Waals surface area contributed by atoms with Crippen LogP contribution in [0.15, 0.2) is 77.2 Å². The minimum Gasteiger partial charge on any atom is -0.451 e. The first kappa shape index (κ1) is 22.9. The largest absolute Gasteiger partial charge is 0.451 e. The molecule has 0 aliphatic carbocycles. The molecule has 0 radical (unpaired) electrons. The monoisotopic (exact) mass is 484 g/mol. The first-order valence-electron chi connectivity index (χ1n) is 11.6. The van der Waals surface area contributed by atoms with Crippen LogP contribution in [0.4, 0.5) is 5.69 Å². The van der Waals surface area contributed by atoms with Gasteiger partial charge in [0.15, 0.2) is 5.76 Å². The number of rotatable bonds is 7. The molecule has 0 saturated heterocycles. The molecule has 5 rings (SSSR count). The van der Waals surface area contributed by atoms with Gasteiger partial charge in [-0.05, 0) is 91.6 Å². The highest BCUT2D eigenvalue weighted by atomic mass is 35.5. The summed E-state index contributed by atoms with van der Waals surface area (Å²) in [4.78, 5) is 14.5. The summed E-state index contributed by atoms with van der Waals surface area (Å²) in [6.07, 6.45) is 3.43. The number of hydrogen-bond acceptors (Lipinski definition) is 4. The number of fused-ring (bicyclic) bond motifs is 1. The average Bonchev–Trinajstić information content (AvgIpc) is 3.51. The molecule has 0 aliphatic rings. The number of unbranched alkanes of at least 4 members (excludes halogenated alkanes) is 1. The lowest BCUT2D eigenvalue weighted by Gasteiger charge is -2.06. The van der Waals surface area contributed by atoms with E-state index in [1.54, 1.807) is 29.1 Å². The maximum Gasteiger partial charge on any atom is 0.291 e. The van der Waals surface area contributed by atoms with Gasteiger partial charge in [-0.2, -0.15) is 4.80 Å². The van der Waals surface area contributed by atoms with Crippen molar-refractivity contribution in [1.29, 1.82) is 0 Å². The van der Waals surface area contributed by atoms with E-state index in [4.69, 9.17) is 16.0 Å². The molecule has 1 N–H and O–H groups in total. The van der Waals surface area contributed by atoms with Crippen molar-refractivity contribution in [2.75, 3.05) is 5.32 Å². The molecule has 3 aromatic carbocycles. The highest BCUT2D eigenvalue weighted by Crippen LogP contribution is 2.26. The number of amides is 1. The van der Waals surface area contributed by atoms with Crippen molar-refractivity contribution in [2.24, 2.45) is 0 Å². The quantitative estimate of drug-likeness (QED) is 0.264. The third kappa shape index (κ3) is 4.98. The van der Waals surface area contributed by atoms with Gasteiger partial charge in [0.1, 0.15) is 16.8 Å². The second-order valence-electron chi connectivity index (χ2n) is 8.54. The van der Waals surface area contributed by atoms with Gasteiger partial charge in [0.05, 0.1) is 5.69 Å². The van der Waals surface area contributed by atoms with Gasteiger partial charge in [-0.15, -0.1) is 10.2 Å². The number of carbonyl (C=O) groups is 1. The van der Waals surface area contributed by atoms with E-state index in [1.807, 2.05) is 43.3 Å². The van der Waals surface area contributed by atoms with Gasteiger partial charge in [-0.1, -0.05) is 37.1 Å². The normalized spacial score (nSPS) is 11.2. The Kier molecular flexibility index (Phi) is 6.38. The molecule has 5 aromatic rings. The zero-order valence-corrected chi connectivity index (χ0v) is 20.3. The number of benzene rings is 3. The molecule has 0 unspecified atom stereocenters. The fourth-order valence-electron chi connectivity index (χ4n) is 3.91. The average molecular weight is 485 g/mol. The Balaban J connectivity index is 1.35. The first-order chi connectivity index (χ1) is 17.0. The van der Waals surface area contributed by atoms with Crippen molar-refractivity contribution in [2.45, 2.75) is 33.1 Å². The zero-order chi connectivity index (χ0) is 24.4. The number of nitrogens with zero attached hydrogens (tertiary/aromatic N) is 3. The third-order valence-electron chi connectivity index (χ3n) is 5.92. The Hall–Kier alpha value is -3.90. The molecule has 0 spiro atoms. The second-order valence-corrected chi connectivity index (χ2v) is 8.98. The number of furan rings is 1. The lowest BCUT2D eigenvalue weighted by atomic mass is 10.1. The van der Waals surface area contributed by atoms with Gasteiger partial charge in [-0.3, -0.25) is 4.79 Å². The standard InChI is InChI=1S/C28H25ClN4O2/c1-3-4-5-19-6-12-22(13-7-19)33-31-24-16-18(2)23(17-25(24)32-33)30-28(34)27-15-14-26(35-27)20-8-10-21(29)11-9-20/h6-17H,3-5H2,1-2H3,(H,30,34). The molecular formula is C28H25ClN4O2. The molecule has 0 aliphatic heterocycles. The number of halogens is 1. The Bertz CT molecular complexity index is 1480. The Morgan fingerprint density at radius 1 is 0.971 bits per heavy atom. The molecule has 176 valence electrons. The van der Waals surface area contributed by atoms with Crippen LogP contribution < -0.4 is 5.32 Å². The van der Waals surface area contributed by atoms with Gasteiger partial charge in [0, 0.05) is 16.3 Å². The Labute approximate surface area is 208 Å². The van der Waals surface area contributed by atoms with E-state index >= 15 is 0 Å². The highest BCUT2D eigenvalue weighted by molar-refractivity contribution is 6.30. The van der Waals surface area contributed by atoms with Crippen molar-refractivity contribution >= 4 is 34.2 Å². The summed E-state index contributed by atoms with van der Waals surface area (Å²) in [5.74, 6) is 0.492. The van der Waals surface area contributed by atoms with Crippen LogP contribution in [-0.4, -0.2) is 20.9 Å². The predicted octanol–water partition coefficient (Wildman–Crippen LogP) is 7.24. The van der Waals surface area contributed by atoms with E-state index in [2.05, 4.69) is 34.6 Å². The lowest BCUT2D eigenvalue weighted by Crippen LogP contribution is -2.11. The van der Waals surface area contributed by atoms with E-state index < -0.39 is 0 Å². The molecule has 0 saturated carbocycles. The van der Waals surface area contributed by atoms with E-state index in [0.29, 0.717) is 22.0 Å². The number of carbonyl (C=O) groups excluding carboxylic acids is 1. The van der Waals surface area contributed by atoms with Crippen LogP contribution in [0.3, 0.4) is 0 Å². The van der Waals surface area contributed by atoms with E-state index in [0.717, 1.165) is 28.8 Å². The van der Waals surface area contributed by atoms with Crippen LogP contribution in [0.5, 0.6) is 0 Å². The topological polar surface area (TPSA) is 73.0 Å². The van der Waals surface area contributed by atoms with Crippen molar-refractivity contribution in [3.05, 3.63) is 94.7 Å². The minimum atomic E-state index is -0.331. The number of aryl methyl sites for hydroxylation is 2. The van der Waals surface area contributed by atoms with Gasteiger partial charge in [0.2, 0.25) is 0 Å². The van der Waals surface area contributed by atoms with Crippen LogP contribution in [0.2, 0.25) is 5.02 Å². The molecule has 2 aromatic heterocycles. The molecule has 7 heteroatoms. The molecule has 6 nitrogen and oxygen atoms in total. The zero-order valence-electron chi connectivity index (χ0n) is 19.6. The predicted molar refractivity (Wildman–Crippen MR) is 139 cm³/mol. The van der Waals surface area contributed by atoms with Gasteiger partial charge in [-0.25, -0.2) is 0 Å². The van der Waals surface area contributed by atoms with Crippen LogP contribution >= 0.6 is 11.6 Å². The number of anilines is 1. The summed E-state index contributed by atoms with van der Waals surface area (Å²) >= 11 is 5.95. The van der Waals surface area contributed by atoms with Gasteiger partial charge in [0.25, 0.3) is 5.91 Å². The SMILES string of the molecule is CCCCc1ccc(-n2nc3cc(C)c(NC(=O)c4ccc(-c5ccc(Cl)cc5)o4)cc3n2)cc1. The molecule has 2 heterocycles. The number of nitrogens with one attached hydrogen (secondary N) is 1. The lowest BCUT2D eigenvalue weighted by molar-refractivity contribution is 0.0997. The molecule has 0 atom stereocenters. The summed E-state index contributed by atoms with van der Waals surface area (Å²) in [5, 5.41) is 12.8. The van der Waals surface area contributed by atoms with E-state index in [-0.39, 0.29) is 11.7 Å². The summed E-state index contributed by atoms with van der Waals surface area (Å²) in [6.45, 7) is 4.12. The fraction of sp³-hybridized carbons (Fsp3) is 0.179. The molecule has 1 amide bonds. The maximum atomic E-state index is 12.9. The molecule has 35 heavy (non-hydrogen) atoms. The fourth-order valence-corrected chi connectivity index (χ4v) is 4.03. The maximum absolute atomic E-state index is 12.9. The molecule has 0 bridgehead atoms. The summed E-state index contributed by atoms with van der Waals surface area (Å²) in [5.41, 5.74) is 6.06. The van der Waals surface area contributed by atoms with Crippen molar-refractivity contribution < 1.29 is 9.21 Å². The highest BCUT2D eigenvalue weighted by Gasteiger charge is 2.15. The summed E-state index contributed by atoms with van der Waals surface area (Å²) in [6, 6.07) is 22.8. The van der Waals surface area contributed by atoms with E-state index in [9.17, 15) is 4.79 Å². The Morgan fingerprint density at radius 3 is 2.40 bits per heavy atom. The Morgan fingerprint density at radius 2 is 1.69 bits per heavy atom. The second kappa shape index (κ2) is 9.76. The van der Waals surface area contributed by atoms with Gasteiger partial charge < -0.3 is 9.73 Å². The summed E-state index contributed by atoms with van der Waals surface area (Å²) in [7, 11) is 0. The van der Waals surface area contributed by atoms with Crippen LogP contribution in [-0.2, 0) is 6.42 Å². The molecule has 0 fully saturated rings. The van der Waals surface area contributed by atoms with Crippen LogP contribution in [0.1, 0.15) is 41.4 Å². The number of hydrogen-bond donors (Lipinski definition) is 1. The van der Waals surface area contributed by atoms with Gasteiger partial charge >= 0.3 is 0 Å². The number of aromatic nitrogens is 3. The van der Waals surface area contributed by atoms with Crippen molar-refractivity contribution in [3.8, 4) is 17.0 Å². The van der Waals surface area contributed by atoms with Crippen LogP contribution in [0.25, 0.3) is 28.0 Å². The third-order valence-corrected chi connectivity index (χ3v) is 6.17. The smallest absolute Gasteiger partial charge is 0.291 e. The van der Waals surface area contributed by atoms with Crippen molar-refractivity contribution in [1.82, 2.24) is 15.0 Å². The molecular weight excluding hydrogens is 460 g/mol.